The lowest BCUT2D eigenvalue weighted by atomic mass is 9.95. The van der Waals surface area contributed by atoms with Crippen LogP contribution in [0.2, 0.25) is 10.0 Å². The summed E-state index contributed by atoms with van der Waals surface area (Å²) in [5.41, 5.74) is 0.259. The average Bonchev–Trinajstić information content (AvgIpc) is 2.89. The zero-order valence-corrected chi connectivity index (χ0v) is 24.7. The van der Waals surface area contributed by atoms with Crippen molar-refractivity contribution >= 4 is 50.9 Å². The number of rotatable bonds is 11. The van der Waals surface area contributed by atoms with Crippen LogP contribution in [0.1, 0.15) is 51.0 Å². The van der Waals surface area contributed by atoms with Crippen LogP contribution < -0.4 is 9.62 Å². The maximum atomic E-state index is 14.8. The van der Waals surface area contributed by atoms with E-state index in [1.807, 2.05) is 0 Å². The minimum absolute atomic E-state index is 0.0143. The minimum atomic E-state index is -4.27. The van der Waals surface area contributed by atoms with Gasteiger partial charge in [-0.15, -0.1) is 0 Å². The van der Waals surface area contributed by atoms with E-state index in [4.69, 9.17) is 23.2 Å². The molecule has 0 aliphatic heterocycles. The van der Waals surface area contributed by atoms with Crippen LogP contribution in [0, 0.1) is 5.82 Å². The van der Waals surface area contributed by atoms with Crippen molar-refractivity contribution < 1.29 is 22.4 Å². The minimum Gasteiger partial charge on any atom is -0.352 e. The lowest BCUT2D eigenvalue weighted by molar-refractivity contribution is -0.140. The summed E-state index contributed by atoms with van der Waals surface area (Å²) in [5, 5.41) is 3.78. The van der Waals surface area contributed by atoms with Crippen molar-refractivity contribution in [1.29, 1.82) is 0 Å². The monoisotopic (exact) mass is 600 g/mol. The molecule has 214 valence electrons. The Hall–Kier alpha value is -2.40. The second-order valence-corrected chi connectivity index (χ2v) is 12.7. The van der Waals surface area contributed by atoms with Gasteiger partial charge in [0, 0.05) is 36.7 Å². The van der Waals surface area contributed by atoms with E-state index in [0.29, 0.717) is 19.9 Å². The number of benzene rings is 2. The van der Waals surface area contributed by atoms with Crippen molar-refractivity contribution in [2.24, 2.45) is 0 Å². The number of nitrogens with one attached hydrogen (secondary N) is 1. The van der Waals surface area contributed by atoms with Gasteiger partial charge in [-0.3, -0.25) is 9.59 Å². The molecule has 0 spiro atoms. The Balaban J connectivity index is 2.00. The smallest absolute Gasteiger partial charge is 0.304 e. The number of para-hydroxylation sites is 1. The number of amides is 2. The highest BCUT2D eigenvalue weighted by Crippen LogP contribution is 2.27. The van der Waals surface area contributed by atoms with Crippen LogP contribution in [0.25, 0.3) is 0 Å². The number of hydrogen-bond acceptors (Lipinski definition) is 4. The molecule has 1 atom stereocenters. The fraction of sp³-hybridized carbons (Fsp3) is 0.481. The highest BCUT2D eigenvalue weighted by Gasteiger charge is 2.35. The molecule has 1 N–H and O–H groups in total. The van der Waals surface area contributed by atoms with E-state index < -0.39 is 34.5 Å². The van der Waals surface area contributed by atoms with E-state index >= 15 is 0 Å². The SMILES string of the molecule is CC[C@H](C(=O)NC1CCCCC1)N(Cc1ccc(Cl)cc1Cl)C(=O)CN(c1ccccc1F)S(=O)(=O)N(C)C. The maximum Gasteiger partial charge on any atom is 0.304 e. The summed E-state index contributed by atoms with van der Waals surface area (Å²) in [6, 6.07) is 9.24. The summed E-state index contributed by atoms with van der Waals surface area (Å²) in [5.74, 6) is -1.80. The molecule has 0 bridgehead atoms. The largest absolute Gasteiger partial charge is 0.352 e. The van der Waals surface area contributed by atoms with Gasteiger partial charge in [-0.25, -0.2) is 8.70 Å². The topological polar surface area (TPSA) is 90.0 Å². The van der Waals surface area contributed by atoms with Crippen molar-refractivity contribution in [2.75, 3.05) is 24.9 Å². The molecule has 1 saturated carbocycles. The predicted molar refractivity (Wildman–Crippen MR) is 152 cm³/mol. The number of halogens is 3. The Morgan fingerprint density at radius 2 is 1.74 bits per heavy atom. The molecule has 3 rings (SSSR count). The first-order chi connectivity index (χ1) is 18.4. The van der Waals surface area contributed by atoms with Crippen molar-refractivity contribution in [3.05, 3.63) is 63.9 Å². The van der Waals surface area contributed by atoms with Gasteiger partial charge in [0.25, 0.3) is 0 Å². The fourth-order valence-electron chi connectivity index (χ4n) is 4.65. The van der Waals surface area contributed by atoms with E-state index in [1.165, 1.54) is 43.3 Å². The molecule has 0 aromatic heterocycles. The highest BCUT2D eigenvalue weighted by molar-refractivity contribution is 7.90. The van der Waals surface area contributed by atoms with Crippen LogP contribution >= 0.6 is 23.2 Å². The van der Waals surface area contributed by atoms with Gasteiger partial charge < -0.3 is 10.2 Å². The van der Waals surface area contributed by atoms with E-state index in [9.17, 15) is 22.4 Å². The van der Waals surface area contributed by atoms with Crippen LogP contribution in [0.5, 0.6) is 0 Å². The zero-order chi connectivity index (χ0) is 28.7. The highest BCUT2D eigenvalue weighted by atomic mass is 35.5. The molecule has 2 amide bonds. The summed E-state index contributed by atoms with van der Waals surface area (Å²) in [6.07, 6.45) is 5.16. The van der Waals surface area contributed by atoms with E-state index in [2.05, 4.69) is 5.32 Å². The molecule has 12 heteroatoms. The molecule has 39 heavy (non-hydrogen) atoms. The van der Waals surface area contributed by atoms with Crippen LogP contribution in [-0.2, 0) is 26.3 Å². The Morgan fingerprint density at radius 3 is 2.33 bits per heavy atom. The molecule has 2 aromatic rings. The Bertz CT molecular complexity index is 1270. The summed E-state index contributed by atoms with van der Waals surface area (Å²) in [7, 11) is -1.68. The third-order valence-corrected chi connectivity index (χ3v) is 9.23. The van der Waals surface area contributed by atoms with Crippen LogP contribution in [0.3, 0.4) is 0 Å². The second-order valence-electron chi connectivity index (χ2n) is 9.77. The number of hydrogen-bond donors (Lipinski definition) is 1. The quantitative estimate of drug-likeness (QED) is 0.393. The lowest BCUT2D eigenvalue weighted by Crippen LogP contribution is -2.54. The molecule has 0 radical (unpaired) electrons. The first kappa shape index (κ1) is 31.1. The van der Waals surface area contributed by atoms with E-state index in [-0.39, 0.29) is 30.6 Å². The van der Waals surface area contributed by atoms with E-state index in [1.54, 1.807) is 19.1 Å². The summed E-state index contributed by atoms with van der Waals surface area (Å²) < 4.78 is 42.9. The number of carbonyl (C=O) groups is 2. The fourth-order valence-corrected chi connectivity index (χ4v) is 6.19. The Kier molecular flexibility index (Phi) is 11.0. The lowest BCUT2D eigenvalue weighted by Gasteiger charge is -2.35. The molecule has 1 aliphatic carbocycles. The summed E-state index contributed by atoms with van der Waals surface area (Å²) in [4.78, 5) is 28.7. The normalized spacial score (nSPS) is 15.2. The van der Waals surface area contributed by atoms with Gasteiger partial charge in [0.15, 0.2) is 0 Å². The van der Waals surface area contributed by atoms with E-state index in [0.717, 1.165) is 42.5 Å². The number of carbonyl (C=O) groups excluding carboxylic acids is 2. The molecule has 1 aliphatic rings. The third kappa shape index (κ3) is 7.84. The zero-order valence-electron chi connectivity index (χ0n) is 22.4. The van der Waals surface area contributed by atoms with Crippen molar-refractivity contribution in [3.63, 3.8) is 0 Å². The van der Waals surface area contributed by atoms with Gasteiger partial charge in [0.1, 0.15) is 18.4 Å². The van der Waals surface area contributed by atoms with Crippen LogP contribution in [0.15, 0.2) is 42.5 Å². The van der Waals surface area contributed by atoms with Crippen molar-refractivity contribution in [1.82, 2.24) is 14.5 Å². The molecular formula is C27H35Cl2FN4O4S. The Labute approximate surface area is 240 Å². The van der Waals surface area contributed by atoms with Gasteiger partial charge in [-0.1, -0.05) is 67.6 Å². The van der Waals surface area contributed by atoms with Gasteiger partial charge in [-0.05, 0) is 49.1 Å². The molecule has 1 fully saturated rings. The second kappa shape index (κ2) is 13.8. The average molecular weight is 602 g/mol. The van der Waals surface area contributed by atoms with Crippen molar-refractivity contribution in [2.45, 2.75) is 64.1 Å². The van der Waals surface area contributed by atoms with Gasteiger partial charge in [-0.2, -0.15) is 12.7 Å². The van der Waals surface area contributed by atoms with Gasteiger partial charge >= 0.3 is 10.2 Å². The van der Waals surface area contributed by atoms with Crippen LogP contribution in [-0.4, -0.2) is 62.2 Å². The van der Waals surface area contributed by atoms with Crippen LogP contribution in [0.4, 0.5) is 10.1 Å². The summed E-state index contributed by atoms with van der Waals surface area (Å²) >= 11 is 12.5. The Morgan fingerprint density at radius 1 is 1.08 bits per heavy atom. The molecule has 8 nitrogen and oxygen atoms in total. The number of nitrogens with zero attached hydrogens (tertiary/aromatic N) is 3. The standard InChI is InChI=1S/C27H35Cl2FN4O4S/c1-4-24(27(36)31-21-10-6-5-7-11-21)33(17-19-14-15-20(28)16-22(19)29)26(35)18-34(39(37,38)32(2)3)25-13-9-8-12-23(25)30/h8-9,12-16,21,24H,4-7,10-11,17-18H2,1-3H3,(H,31,36)/t24-/m1/s1. The summed E-state index contributed by atoms with van der Waals surface area (Å²) in [6.45, 7) is 0.985. The molecule has 0 heterocycles. The number of anilines is 1. The molecule has 0 unspecified atom stereocenters. The maximum absolute atomic E-state index is 14.8. The van der Waals surface area contributed by atoms with Gasteiger partial charge in [0.2, 0.25) is 11.8 Å². The van der Waals surface area contributed by atoms with Crippen molar-refractivity contribution in [3.8, 4) is 0 Å². The molecule has 2 aromatic carbocycles. The molecule has 0 saturated heterocycles. The third-order valence-electron chi connectivity index (χ3n) is 6.83. The first-order valence-corrected chi connectivity index (χ1v) is 15.1. The molecular weight excluding hydrogens is 566 g/mol. The first-order valence-electron chi connectivity index (χ1n) is 12.9. The van der Waals surface area contributed by atoms with Gasteiger partial charge in [0.05, 0.1) is 5.69 Å². The predicted octanol–water partition coefficient (Wildman–Crippen LogP) is 5.00.